The summed E-state index contributed by atoms with van der Waals surface area (Å²) in [5.74, 6) is -1.67. The Balaban J connectivity index is 2.77. The minimum atomic E-state index is -0.993. The van der Waals surface area contributed by atoms with Crippen LogP contribution >= 0.6 is 0 Å². The van der Waals surface area contributed by atoms with Gasteiger partial charge in [0.1, 0.15) is 0 Å². The molecule has 0 aromatic heterocycles. The van der Waals surface area contributed by atoms with E-state index in [9.17, 15) is 9.59 Å². The van der Waals surface area contributed by atoms with E-state index in [4.69, 9.17) is 0 Å². The molecule has 1 rings (SSSR count). The molecule has 1 aliphatic rings. The standard InChI is InChI=1S/C7H6O4/c1-3-5-7(9)10-4(2)6(8)11-5/h3,5H,1-2H2. The Morgan fingerprint density at radius 1 is 1.45 bits per heavy atom. The van der Waals surface area contributed by atoms with Crippen LogP contribution in [0.4, 0.5) is 0 Å². The predicted octanol–water partition coefficient (Wildman–Crippen LogP) is 0.155. The van der Waals surface area contributed by atoms with Gasteiger partial charge in [0.2, 0.25) is 11.9 Å². The molecule has 1 unspecified atom stereocenters. The van der Waals surface area contributed by atoms with Crippen molar-refractivity contribution in [3.8, 4) is 0 Å². The van der Waals surface area contributed by atoms with Gasteiger partial charge < -0.3 is 9.47 Å². The lowest BCUT2D eigenvalue weighted by atomic mass is 10.3. The molecule has 4 heteroatoms. The number of carbonyl (C=O) groups is 2. The molecule has 11 heavy (non-hydrogen) atoms. The van der Waals surface area contributed by atoms with Crippen molar-refractivity contribution in [2.45, 2.75) is 6.10 Å². The van der Waals surface area contributed by atoms with Gasteiger partial charge >= 0.3 is 11.9 Å². The van der Waals surface area contributed by atoms with Gasteiger partial charge in [0.15, 0.2) is 0 Å². The Morgan fingerprint density at radius 3 is 2.64 bits per heavy atom. The zero-order chi connectivity index (χ0) is 8.43. The fourth-order valence-corrected chi connectivity index (χ4v) is 0.595. The quantitative estimate of drug-likeness (QED) is 0.306. The number of esters is 2. The molecule has 1 fully saturated rings. The van der Waals surface area contributed by atoms with E-state index < -0.39 is 18.0 Å². The third-order valence-electron chi connectivity index (χ3n) is 1.13. The number of cyclic esters (lactones) is 2. The molecule has 1 saturated heterocycles. The van der Waals surface area contributed by atoms with Crippen molar-refractivity contribution in [3.63, 3.8) is 0 Å². The van der Waals surface area contributed by atoms with Crippen LogP contribution in [0.5, 0.6) is 0 Å². The first-order valence-electron chi connectivity index (χ1n) is 2.89. The average Bonchev–Trinajstić information content (AvgIpc) is 1.97. The van der Waals surface area contributed by atoms with E-state index in [1.807, 2.05) is 0 Å². The molecule has 0 N–H and O–H groups in total. The van der Waals surface area contributed by atoms with E-state index in [2.05, 4.69) is 22.6 Å². The molecule has 1 atom stereocenters. The highest BCUT2D eigenvalue weighted by atomic mass is 16.6. The van der Waals surface area contributed by atoms with Gasteiger partial charge in [-0.25, -0.2) is 9.59 Å². The Bertz CT molecular complexity index is 241. The summed E-state index contributed by atoms with van der Waals surface area (Å²) < 4.78 is 8.95. The monoisotopic (exact) mass is 154 g/mol. The molecule has 58 valence electrons. The van der Waals surface area contributed by atoms with Crippen molar-refractivity contribution in [2.75, 3.05) is 0 Å². The Kier molecular flexibility index (Phi) is 1.76. The van der Waals surface area contributed by atoms with Gasteiger partial charge in [-0.2, -0.15) is 0 Å². The number of rotatable bonds is 1. The van der Waals surface area contributed by atoms with Crippen LogP contribution in [0.25, 0.3) is 0 Å². The topological polar surface area (TPSA) is 52.6 Å². The van der Waals surface area contributed by atoms with Crippen molar-refractivity contribution in [2.24, 2.45) is 0 Å². The zero-order valence-corrected chi connectivity index (χ0v) is 5.70. The van der Waals surface area contributed by atoms with E-state index >= 15 is 0 Å². The fraction of sp³-hybridized carbons (Fsp3) is 0.143. The van der Waals surface area contributed by atoms with E-state index in [0.717, 1.165) is 0 Å². The normalized spacial score (nSPS) is 24.0. The second-order valence-electron chi connectivity index (χ2n) is 1.91. The highest BCUT2D eigenvalue weighted by molar-refractivity contribution is 5.95. The van der Waals surface area contributed by atoms with Gasteiger partial charge in [-0.1, -0.05) is 6.58 Å². The molecular formula is C7H6O4. The summed E-state index contributed by atoms with van der Waals surface area (Å²) in [6.07, 6.45) is 0.195. The summed E-state index contributed by atoms with van der Waals surface area (Å²) in [5, 5.41) is 0. The SMILES string of the molecule is C=CC1OC(=O)C(=C)OC1=O. The Morgan fingerprint density at radius 2 is 2.09 bits per heavy atom. The molecule has 0 spiro atoms. The molecule has 1 heterocycles. The minimum absolute atomic E-state index is 0.284. The predicted molar refractivity (Wildman–Crippen MR) is 35.3 cm³/mol. The third kappa shape index (κ3) is 1.29. The van der Waals surface area contributed by atoms with Crippen LogP contribution in [0.15, 0.2) is 25.0 Å². The number of hydrogen-bond donors (Lipinski definition) is 0. The van der Waals surface area contributed by atoms with E-state index in [1.165, 1.54) is 6.08 Å². The van der Waals surface area contributed by atoms with E-state index in [0.29, 0.717) is 0 Å². The van der Waals surface area contributed by atoms with Gasteiger partial charge in [0.25, 0.3) is 0 Å². The van der Waals surface area contributed by atoms with Crippen LogP contribution in [-0.2, 0) is 19.1 Å². The van der Waals surface area contributed by atoms with Crippen LogP contribution in [0, 0.1) is 0 Å². The maximum atomic E-state index is 10.7. The summed E-state index contributed by atoms with van der Waals surface area (Å²) in [4.78, 5) is 21.4. The maximum Gasteiger partial charge on any atom is 0.374 e. The van der Waals surface area contributed by atoms with Gasteiger partial charge in [0.05, 0.1) is 0 Å². The van der Waals surface area contributed by atoms with Crippen LogP contribution in [0.3, 0.4) is 0 Å². The minimum Gasteiger partial charge on any atom is -0.440 e. The highest BCUT2D eigenvalue weighted by Crippen LogP contribution is 2.11. The summed E-state index contributed by atoms with van der Waals surface area (Å²) in [5.41, 5.74) is 0. The smallest absolute Gasteiger partial charge is 0.374 e. The van der Waals surface area contributed by atoms with Crippen LogP contribution in [-0.4, -0.2) is 18.0 Å². The van der Waals surface area contributed by atoms with Crippen molar-refractivity contribution < 1.29 is 19.1 Å². The number of hydrogen-bond acceptors (Lipinski definition) is 4. The maximum absolute atomic E-state index is 10.7. The fourth-order valence-electron chi connectivity index (χ4n) is 0.595. The molecule has 0 aromatic carbocycles. The molecule has 1 aliphatic heterocycles. The average molecular weight is 154 g/mol. The lowest BCUT2D eigenvalue weighted by molar-refractivity contribution is -0.172. The summed E-state index contributed by atoms with van der Waals surface area (Å²) in [6, 6.07) is 0. The second kappa shape index (κ2) is 2.57. The first-order valence-corrected chi connectivity index (χ1v) is 2.89. The molecular weight excluding hydrogens is 148 g/mol. The lowest BCUT2D eigenvalue weighted by Gasteiger charge is -2.18. The molecule has 0 aliphatic carbocycles. The molecule has 0 saturated carbocycles. The largest absolute Gasteiger partial charge is 0.440 e. The first kappa shape index (κ1) is 7.53. The van der Waals surface area contributed by atoms with Gasteiger partial charge in [-0.3, -0.25) is 0 Å². The van der Waals surface area contributed by atoms with Gasteiger partial charge in [0, 0.05) is 0 Å². The van der Waals surface area contributed by atoms with E-state index in [-0.39, 0.29) is 5.76 Å². The first-order chi connectivity index (χ1) is 5.15. The second-order valence-corrected chi connectivity index (χ2v) is 1.91. The zero-order valence-electron chi connectivity index (χ0n) is 5.70. The summed E-state index contributed by atoms with van der Waals surface area (Å²) in [6.45, 7) is 6.45. The molecule has 0 aromatic rings. The third-order valence-corrected chi connectivity index (χ3v) is 1.13. The van der Waals surface area contributed by atoms with E-state index in [1.54, 1.807) is 0 Å². The number of carbonyl (C=O) groups excluding carboxylic acids is 2. The molecule has 4 nitrogen and oxygen atoms in total. The van der Waals surface area contributed by atoms with Crippen molar-refractivity contribution in [1.82, 2.24) is 0 Å². The van der Waals surface area contributed by atoms with Crippen LogP contribution in [0.1, 0.15) is 0 Å². The molecule has 0 radical (unpaired) electrons. The number of ether oxygens (including phenoxy) is 2. The van der Waals surface area contributed by atoms with Gasteiger partial charge in [-0.05, 0) is 12.7 Å². The Labute approximate surface area is 63.1 Å². The highest BCUT2D eigenvalue weighted by Gasteiger charge is 2.30. The van der Waals surface area contributed by atoms with Crippen LogP contribution < -0.4 is 0 Å². The molecule has 0 amide bonds. The van der Waals surface area contributed by atoms with Gasteiger partial charge in [-0.15, -0.1) is 0 Å². The van der Waals surface area contributed by atoms with Crippen LogP contribution in [0.2, 0.25) is 0 Å². The lowest BCUT2D eigenvalue weighted by Crippen LogP contribution is -2.34. The van der Waals surface area contributed by atoms with Crippen molar-refractivity contribution in [1.29, 1.82) is 0 Å². The van der Waals surface area contributed by atoms with Crippen molar-refractivity contribution >= 4 is 11.9 Å². The molecule has 0 bridgehead atoms. The summed E-state index contributed by atoms with van der Waals surface area (Å²) in [7, 11) is 0. The van der Waals surface area contributed by atoms with Crippen molar-refractivity contribution in [3.05, 3.63) is 25.0 Å². The summed E-state index contributed by atoms with van der Waals surface area (Å²) >= 11 is 0. The Hall–Kier alpha value is -1.58.